The summed E-state index contributed by atoms with van der Waals surface area (Å²) in [5.41, 5.74) is 0. The van der Waals surface area contributed by atoms with E-state index in [1.54, 1.807) is 0 Å². The quantitative estimate of drug-likeness (QED) is 0.813. The third-order valence-electron chi connectivity index (χ3n) is 4.57. The van der Waals surface area contributed by atoms with Crippen molar-refractivity contribution >= 4 is 0 Å². The van der Waals surface area contributed by atoms with Gasteiger partial charge >= 0.3 is 0 Å². The zero-order valence-corrected chi connectivity index (χ0v) is 11.8. The largest absolute Gasteiger partial charge is 0.313 e. The number of nitrogens with zero attached hydrogens (tertiary/aromatic N) is 1. The predicted molar refractivity (Wildman–Crippen MR) is 74.3 cm³/mol. The van der Waals surface area contributed by atoms with Gasteiger partial charge in [-0.3, -0.25) is 4.90 Å². The van der Waals surface area contributed by atoms with Crippen molar-refractivity contribution in [2.24, 2.45) is 5.92 Å². The molecule has 0 aromatic carbocycles. The van der Waals surface area contributed by atoms with Crippen molar-refractivity contribution in [3.05, 3.63) is 0 Å². The molecule has 2 nitrogen and oxygen atoms in total. The van der Waals surface area contributed by atoms with Crippen molar-refractivity contribution in [2.75, 3.05) is 19.6 Å². The minimum absolute atomic E-state index is 0.750. The molecule has 1 aliphatic carbocycles. The fourth-order valence-electron chi connectivity index (χ4n) is 3.63. The molecule has 1 saturated carbocycles. The summed E-state index contributed by atoms with van der Waals surface area (Å²) >= 11 is 0. The lowest BCUT2D eigenvalue weighted by atomic mass is 9.86. The maximum absolute atomic E-state index is 3.72. The van der Waals surface area contributed by atoms with Gasteiger partial charge in [-0.2, -0.15) is 0 Å². The first kappa shape index (κ1) is 13.4. The molecule has 3 atom stereocenters. The predicted octanol–water partition coefficient (Wildman–Crippen LogP) is 3.03. The van der Waals surface area contributed by atoms with E-state index in [1.807, 2.05) is 0 Å². The summed E-state index contributed by atoms with van der Waals surface area (Å²) < 4.78 is 0. The van der Waals surface area contributed by atoms with Crippen molar-refractivity contribution in [2.45, 2.75) is 70.9 Å². The van der Waals surface area contributed by atoms with E-state index >= 15 is 0 Å². The minimum Gasteiger partial charge on any atom is -0.313 e. The smallest absolute Gasteiger partial charge is 0.0195 e. The van der Waals surface area contributed by atoms with E-state index in [0.717, 1.165) is 18.0 Å². The molecule has 3 unspecified atom stereocenters. The lowest BCUT2D eigenvalue weighted by Gasteiger charge is -2.37. The standard InChI is InChI=1S/C15H30N2/c1-3-6-14-12-17(10-5-9-16-14)15-8-4-7-13(2)11-15/h13-16H,3-12H2,1-2H3. The van der Waals surface area contributed by atoms with Crippen LogP contribution in [0, 0.1) is 5.92 Å². The fourth-order valence-corrected chi connectivity index (χ4v) is 3.63. The fraction of sp³-hybridized carbons (Fsp3) is 1.00. The van der Waals surface area contributed by atoms with Crippen LogP contribution in [-0.2, 0) is 0 Å². The van der Waals surface area contributed by atoms with Crippen LogP contribution < -0.4 is 5.32 Å². The minimum atomic E-state index is 0.750. The summed E-state index contributed by atoms with van der Waals surface area (Å²) in [7, 11) is 0. The summed E-state index contributed by atoms with van der Waals surface area (Å²) in [4.78, 5) is 2.80. The Morgan fingerprint density at radius 1 is 1.24 bits per heavy atom. The van der Waals surface area contributed by atoms with Crippen LogP contribution in [0.2, 0.25) is 0 Å². The van der Waals surface area contributed by atoms with Gasteiger partial charge in [-0.05, 0) is 44.7 Å². The van der Waals surface area contributed by atoms with Gasteiger partial charge < -0.3 is 5.32 Å². The average molecular weight is 238 g/mol. The third-order valence-corrected chi connectivity index (χ3v) is 4.57. The molecule has 1 heterocycles. The van der Waals surface area contributed by atoms with Crippen molar-refractivity contribution in [3.63, 3.8) is 0 Å². The van der Waals surface area contributed by atoms with Crippen molar-refractivity contribution < 1.29 is 0 Å². The molecule has 0 amide bonds. The molecule has 2 rings (SSSR count). The Balaban J connectivity index is 1.88. The van der Waals surface area contributed by atoms with E-state index in [-0.39, 0.29) is 0 Å². The maximum atomic E-state index is 3.72. The molecule has 2 heteroatoms. The van der Waals surface area contributed by atoms with Crippen LogP contribution >= 0.6 is 0 Å². The van der Waals surface area contributed by atoms with Crippen LogP contribution in [0.3, 0.4) is 0 Å². The van der Waals surface area contributed by atoms with E-state index in [0.29, 0.717) is 0 Å². The third kappa shape index (κ3) is 3.96. The van der Waals surface area contributed by atoms with Gasteiger partial charge in [-0.15, -0.1) is 0 Å². The second-order valence-electron chi connectivity index (χ2n) is 6.21. The molecular weight excluding hydrogens is 208 g/mol. The first-order valence-corrected chi connectivity index (χ1v) is 7.77. The highest BCUT2D eigenvalue weighted by Gasteiger charge is 2.27. The Kier molecular flexibility index (Phi) is 5.30. The first-order chi connectivity index (χ1) is 8.29. The summed E-state index contributed by atoms with van der Waals surface area (Å²) in [6, 6.07) is 1.64. The highest BCUT2D eigenvalue weighted by Crippen LogP contribution is 2.28. The molecule has 17 heavy (non-hydrogen) atoms. The van der Waals surface area contributed by atoms with Gasteiger partial charge in [0.2, 0.25) is 0 Å². The topological polar surface area (TPSA) is 15.3 Å². The summed E-state index contributed by atoms with van der Waals surface area (Å²) in [6.07, 6.45) is 9.80. The Morgan fingerprint density at radius 3 is 2.88 bits per heavy atom. The number of hydrogen-bond donors (Lipinski definition) is 1. The number of hydrogen-bond acceptors (Lipinski definition) is 2. The molecule has 0 aromatic rings. The van der Waals surface area contributed by atoms with Crippen molar-refractivity contribution in [1.29, 1.82) is 0 Å². The molecule has 1 aliphatic heterocycles. The van der Waals surface area contributed by atoms with Crippen LogP contribution in [0.25, 0.3) is 0 Å². The molecular formula is C15H30N2. The molecule has 1 N–H and O–H groups in total. The Labute approximate surface area is 107 Å². The van der Waals surface area contributed by atoms with Gasteiger partial charge in [0.25, 0.3) is 0 Å². The van der Waals surface area contributed by atoms with E-state index in [1.165, 1.54) is 64.6 Å². The highest BCUT2D eigenvalue weighted by molar-refractivity contribution is 4.84. The van der Waals surface area contributed by atoms with E-state index in [9.17, 15) is 0 Å². The van der Waals surface area contributed by atoms with Crippen LogP contribution in [0.5, 0.6) is 0 Å². The van der Waals surface area contributed by atoms with Crippen LogP contribution in [-0.4, -0.2) is 36.6 Å². The van der Waals surface area contributed by atoms with Gasteiger partial charge in [0.05, 0.1) is 0 Å². The van der Waals surface area contributed by atoms with Crippen LogP contribution in [0.15, 0.2) is 0 Å². The Bertz CT molecular complexity index is 217. The lowest BCUT2D eigenvalue weighted by molar-refractivity contribution is 0.131. The first-order valence-electron chi connectivity index (χ1n) is 7.77. The lowest BCUT2D eigenvalue weighted by Crippen LogP contribution is -2.44. The van der Waals surface area contributed by atoms with Gasteiger partial charge in [0.1, 0.15) is 0 Å². The normalized spacial score (nSPS) is 36.7. The molecule has 2 aliphatic rings. The van der Waals surface area contributed by atoms with Gasteiger partial charge in [-0.1, -0.05) is 33.1 Å². The van der Waals surface area contributed by atoms with Crippen molar-refractivity contribution in [1.82, 2.24) is 10.2 Å². The van der Waals surface area contributed by atoms with E-state index in [4.69, 9.17) is 0 Å². The average Bonchev–Trinajstić information content (AvgIpc) is 2.55. The molecule has 1 saturated heterocycles. The molecule has 0 bridgehead atoms. The SMILES string of the molecule is CCCC1CN(C2CCCC(C)C2)CCCN1. The van der Waals surface area contributed by atoms with Gasteiger partial charge in [0.15, 0.2) is 0 Å². The second-order valence-corrected chi connectivity index (χ2v) is 6.21. The van der Waals surface area contributed by atoms with Crippen LogP contribution in [0.1, 0.15) is 58.8 Å². The molecule has 0 aromatic heterocycles. The summed E-state index contributed by atoms with van der Waals surface area (Å²) in [5, 5.41) is 3.72. The molecule has 0 radical (unpaired) electrons. The zero-order valence-electron chi connectivity index (χ0n) is 11.8. The van der Waals surface area contributed by atoms with E-state index < -0.39 is 0 Å². The van der Waals surface area contributed by atoms with Gasteiger partial charge in [-0.25, -0.2) is 0 Å². The Morgan fingerprint density at radius 2 is 2.12 bits per heavy atom. The monoisotopic (exact) mass is 238 g/mol. The maximum Gasteiger partial charge on any atom is 0.0195 e. The molecule has 100 valence electrons. The van der Waals surface area contributed by atoms with E-state index in [2.05, 4.69) is 24.1 Å². The van der Waals surface area contributed by atoms with Gasteiger partial charge in [0, 0.05) is 18.6 Å². The van der Waals surface area contributed by atoms with Crippen LogP contribution in [0.4, 0.5) is 0 Å². The zero-order chi connectivity index (χ0) is 12.1. The highest BCUT2D eigenvalue weighted by atomic mass is 15.2. The number of nitrogens with one attached hydrogen (secondary N) is 1. The summed E-state index contributed by atoms with van der Waals surface area (Å²) in [6.45, 7) is 8.59. The summed E-state index contributed by atoms with van der Waals surface area (Å²) in [5.74, 6) is 0.953. The molecule has 0 spiro atoms. The van der Waals surface area contributed by atoms with Crippen molar-refractivity contribution in [3.8, 4) is 0 Å². The molecule has 2 fully saturated rings. The second kappa shape index (κ2) is 6.75. The number of rotatable bonds is 3. The Hall–Kier alpha value is -0.0800.